The third kappa shape index (κ3) is 2.76. The van der Waals surface area contributed by atoms with E-state index in [4.69, 9.17) is 5.73 Å². The third-order valence-electron chi connectivity index (χ3n) is 3.07. The van der Waals surface area contributed by atoms with Gasteiger partial charge in [0.15, 0.2) is 0 Å². The molecule has 0 spiro atoms. The number of benzene rings is 1. The number of sulfonamides is 1. The van der Waals surface area contributed by atoms with Crippen molar-refractivity contribution in [2.45, 2.75) is 11.4 Å². The Balaban J connectivity index is 2.01. The van der Waals surface area contributed by atoms with Gasteiger partial charge in [0.05, 0.1) is 10.6 Å². The van der Waals surface area contributed by atoms with E-state index in [1.807, 2.05) is 6.07 Å². The maximum Gasteiger partial charge on any atom is 0.262 e. The minimum absolute atomic E-state index is 0.235. The summed E-state index contributed by atoms with van der Waals surface area (Å²) in [5.41, 5.74) is 6.06. The van der Waals surface area contributed by atoms with Crippen molar-refractivity contribution in [2.24, 2.45) is 5.73 Å². The first-order chi connectivity index (χ1) is 10.1. The molecule has 0 amide bonds. The number of rotatable bonds is 4. The van der Waals surface area contributed by atoms with Gasteiger partial charge in [-0.05, 0) is 18.2 Å². The van der Waals surface area contributed by atoms with Crippen molar-refractivity contribution in [3.63, 3.8) is 0 Å². The second kappa shape index (κ2) is 5.44. The lowest BCUT2D eigenvalue weighted by atomic mass is 10.1. The standard InChI is InChI=1S/C14H13N3O2S2/c15-7-11-6-12(9-20-11)21(18,19)17-14-3-1-2-10-8-16-5-4-13(10)14/h1-6,8-9,17H,7,15H2. The van der Waals surface area contributed by atoms with Gasteiger partial charge in [-0.1, -0.05) is 12.1 Å². The molecule has 0 aliphatic heterocycles. The molecule has 21 heavy (non-hydrogen) atoms. The molecule has 0 atom stereocenters. The number of anilines is 1. The maximum absolute atomic E-state index is 12.4. The van der Waals surface area contributed by atoms with E-state index >= 15 is 0 Å². The minimum Gasteiger partial charge on any atom is -0.326 e. The van der Waals surface area contributed by atoms with Crippen molar-refractivity contribution in [3.05, 3.63) is 53.0 Å². The average molecular weight is 319 g/mol. The Bertz CT molecular complexity index is 883. The van der Waals surface area contributed by atoms with Crippen molar-refractivity contribution in [3.8, 4) is 0 Å². The van der Waals surface area contributed by atoms with E-state index < -0.39 is 10.0 Å². The zero-order valence-electron chi connectivity index (χ0n) is 11.0. The highest BCUT2D eigenvalue weighted by molar-refractivity contribution is 7.92. The normalized spacial score (nSPS) is 11.7. The number of nitrogens with zero attached hydrogens (tertiary/aromatic N) is 1. The van der Waals surface area contributed by atoms with Crippen LogP contribution in [0.1, 0.15) is 4.88 Å². The molecule has 3 aromatic rings. The third-order valence-corrected chi connectivity index (χ3v) is 5.52. The average Bonchev–Trinajstić information content (AvgIpc) is 2.97. The van der Waals surface area contributed by atoms with E-state index in [-0.39, 0.29) is 4.90 Å². The van der Waals surface area contributed by atoms with Crippen molar-refractivity contribution < 1.29 is 8.42 Å². The largest absolute Gasteiger partial charge is 0.326 e. The van der Waals surface area contributed by atoms with Gasteiger partial charge in [0.25, 0.3) is 10.0 Å². The second-order valence-corrected chi connectivity index (χ2v) is 7.14. The van der Waals surface area contributed by atoms with Crippen LogP contribution in [0.4, 0.5) is 5.69 Å². The van der Waals surface area contributed by atoms with Crippen LogP contribution in [0.25, 0.3) is 10.8 Å². The summed E-state index contributed by atoms with van der Waals surface area (Å²) >= 11 is 1.34. The van der Waals surface area contributed by atoms with E-state index in [9.17, 15) is 8.42 Å². The Morgan fingerprint density at radius 1 is 1.29 bits per heavy atom. The van der Waals surface area contributed by atoms with Gasteiger partial charge >= 0.3 is 0 Å². The molecular formula is C14H13N3O2S2. The number of pyridine rings is 1. The summed E-state index contributed by atoms with van der Waals surface area (Å²) in [6.07, 6.45) is 3.33. The first-order valence-corrected chi connectivity index (χ1v) is 8.59. The number of nitrogens with one attached hydrogen (secondary N) is 1. The molecule has 0 saturated heterocycles. The Labute approximate surface area is 126 Å². The van der Waals surface area contributed by atoms with Crippen LogP contribution in [0.5, 0.6) is 0 Å². The van der Waals surface area contributed by atoms with Crippen LogP contribution in [-0.2, 0) is 16.6 Å². The maximum atomic E-state index is 12.4. The molecule has 108 valence electrons. The predicted molar refractivity (Wildman–Crippen MR) is 84.8 cm³/mol. The highest BCUT2D eigenvalue weighted by atomic mass is 32.2. The fourth-order valence-electron chi connectivity index (χ4n) is 2.02. The molecule has 0 radical (unpaired) electrons. The van der Waals surface area contributed by atoms with Crippen LogP contribution in [-0.4, -0.2) is 13.4 Å². The van der Waals surface area contributed by atoms with E-state index in [2.05, 4.69) is 9.71 Å². The zero-order chi connectivity index (χ0) is 14.9. The van der Waals surface area contributed by atoms with Crippen molar-refractivity contribution in [2.75, 3.05) is 4.72 Å². The summed E-state index contributed by atoms with van der Waals surface area (Å²) in [6, 6.07) is 8.79. The molecule has 0 unspecified atom stereocenters. The number of fused-ring (bicyclic) bond motifs is 1. The van der Waals surface area contributed by atoms with Crippen LogP contribution in [0.3, 0.4) is 0 Å². The summed E-state index contributed by atoms with van der Waals surface area (Å²) in [7, 11) is -3.61. The number of hydrogen-bond donors (Lipinski definition) is 2. The summed E-state index contributed by atoms with van der Waals surface area (Å²) in [4.78, 5) is 5.10. The lowest BCUT2D eigenvalue weighted by Crippen LogP contribution is -2.12. The van der Waals surface area contributed by atoms with Crippen LogP contribution in [0, 0.1) is 0 Å². The Morgan fingerprint density at radius 2 is 2.14 bits per heavy atom. The van der Waals surface area contributed by atoms with Gasteiger partial charge in [-0.2, -0.15) is 0 Å². The summed E-state index contributed by atoms with van der Waals surface area (Å²) in [5, 5.41) is 3.29. The van der Waals surface area contributed by atoms with E-state index in [0.717, 1.165) is 15.6 Å². The van der Waals surface area contributed by atoms with Crippen LogP contribution in [0.15, 0.2) is 53.0 Å². The quantitative estimate of drug-likeness (QED) is 0.774. The SMILES string of the molecule is NCc1cc(S(=O)(=O)Nc2cccc3cnccc23)cs1. The second-order valence-electron chi connectivity index (χ2n) is 4.46. The topological polar surface area (TPSA) is 85.1 Å². The van der Waals surface area contributed by atoms with Gasteiger partial charge < -0.3 is 5.73 Å². The molecule has 0 bridgehead atoms. The first-order valence-electron chi connectivity index (χ1n) is 6.23. The smallest absolute Gasteiger partial charge is 0.262 e. The van der Waals surface area contributed by atoms with Gasteiger partial charge in [-0.25, -0.2) is 8.42 Å². The molecule has 2 aromatic heterocycles. The number of hydrogen-bond acceptors (Lipinski definition) is 5. The van der Waals surface area contributed by atoms with Gasteiger partial charge in [0, 0.05) is 40.0 Å². The lowest BCUT2D eigenvalue weighted by molar-refractivity contribution is 0.601. The predicted octanol–water partition coefficient (Wildman–Crippen LogP) is 2.56. The minimum atomic E-state index is -3.61. The molecule has 7 heteroatoms. The van der Waals surface area contributed by atoms with Crippen molar-refractivity contribution in [1.29, 1.82) is 0 Å². The lowest BCUT2D eigenvalue weighted by Gasteiger charge is -2.09. The number of thiophene rings is 1. The van der Waals surface area contributed by atoms with E-state index in [1.165, 1.54) is 11.3 Å². The highest BCUT2D eigenvalue weighted by Gasteiger charge is 2.17. The fourth-order valence-corrected chi connectivity index (χ4v) is 4.26. The van der Waals surface area contributed by atoms with Crippen LogP contribution in [0.2, 0.25) is 0 Å². The zero-order valence-corrected chi connectivity index (χ0v) is 12.6. The Hall–Kier alpha value is -1.96. The van der Waals surface area contributed by atoms with Gasteiger partial charge in [0.1, 0.15) is 0 Å². The molecule has 0 aliphatic rings. The van der Waals surface area contributed by atoms with Crippen LogP contribution < -0.4 is 10.5 Å². The molecule has 0 fully saturated rings. The Kier molecular flexibility index (Phi) is 3.62. The molecule has 0 aliphatic carbocycles. The fraction of sp³-hybridized carbons (Fsp3) is 0.0714. The molecule has 0 saturated carbocycles. The van der Waals surface area contributed by atoms with Gasteiger partial charge in [-0.3, -0.25) is 9.71 Å². The van der Waals surface area contributed by atoms with Gasteiger partial charge in [-0.15, -0.1) is 11.3 Å². The number of nitrogens with two attached hydrogens (primary N) is 1. The number of aromatic nitrogens is 1. The molecular weight excluding hydrogens is 306 g/mol. The van der Waals surface area contributed by atoms with Crippen LogP contribution >= 0.6 is 11.3 Å². The monoisotopic (exact) mass is 319 g/mol. The summed E-state index contributed by atoms with van der Waals surface area (Å²) in [5.74, 6) is 0. The van der Waals surface area contributed by atoms with Gasteiger partial charge in [0.2, 0.25) is 0 Å². The molecule has 2 heterocycles. The molecule has 3 rings (SSSR count). The molecule has 3 N–H and O–H groups in total. The van der Waals surface area contributed by atoms with Crippen molar-refractivity contribution >= 4 is 37.8 Å². The molecule has 5 nitrogen and oxygen atoms in total. The first kappa shape index (κ1) is 14.0. The Morgan fingerprint density at radius 3 is 2.90 bits per heavy atom. The van der Waals surface area contributed by atoms with Crippen molar-refractivity contribution in [1.82, 2.24) is 4.98 Å². The summed E-state index contributed by atoms with van der Waals surface area (Å²) in [6.45, 7) is 0.333. The van der Waals surface area contributed by atoms with E-state index in [0.29, 0.717) is 12.2 Å². The highest BCUT2D eigenvalue weighted by Crippen LogP contribution is 2.26. The molecule has 1 aromatic carbocycles. The van der Waals surface area contributed by atoms with E-state index in [1.54, 1.807) is 42.0 Å². The summed E-state index contributed by atoms with van der Waals surface area (Å²) < 4.78 is 27.5.